The highest BCUT2D eigenvalue weighted by molar-refractivity contribution is 5.99. The molecule has 0 bridgehead atoms. The molecule has 2 aromatic rings. The molecule has 34 heavy (non-hydrogen) atoms. The standard InChI is InChI=1S/C25H28F3N3O3/c1-16(2)18-10-12-19(13-11-18)29-22(32)21-9-6-14-31(21)23(33)20(30-24(34)25(26,27)28)15-17-7-4-3-5-8-17/h3-5,7-8,10-13,16,20-21H,6,9,14-15H2,1-2H3,(H,29,32)(H,30,34)/t20-,21+/m1/s1. The molecule has 3 amide bonds. The molecule has 1 saturated heterocycles. The van der Waals surface area contributed by atoms with E-state index in [4.69, 9.17) is 0 Å². The molecule has 1 fully saturated rings. The topological polar surface area (TPSA) is 78.5 Å². The lowest BCUT2D eigenvalue weighted by molar-refractivity contribution is -0.175. The van der Waals surface area contributed by atoms with Gasteiger partial charge in [-0.3, -0.25) is 14.4 Å². The SMILES string of the molecule is CC(C)c1ccc(NC(=O)[C@@H]2CCCN2C(=O)[C@@H](Cc2ccccc2)NC(=O)C(F)(F)F)cc1. The second-order valence-corrected chi connectivity index (χ2v) is 8.67. The van der Waals surface area contributed by atoms with Crippen molar-refractivity contribution in [3.05, 3.63) is 65.7 Å². The van der Waals surface area contributed by atoms with Crippen LogP contribution in [0.5, 0.6) is 0 Å². The van der Waals surface area contributed by atoms with Crippen molar-refractivity contribution < 1.29 is 27.6 Å². The van der Waals surface area contributed by atoms with Crippen LogP contribution in [0.3, 0.4) is 0 Å². The quantitative estimate of drug-likeness (QED) is 0.635. The number of nitrogens with one attached hydrogen (secondary N) is 2. The second-order valence-electron chi connectivity index (χ2n) is 8.67. The van der Waals surface area contributed by atoms with Gasteiger partial charge in [-0.15, -0.1) is 0 Å². The first kappa shape index (κ1) is 25.3. The average molecular weight is 476 g/mol. The first-order valence-corrected chi connectivity index (χ1v) is 11.2. The Morgan fingerprint density at radius 2 is 1.68 bits per heavy atom. The number of nitrogens with zero attached hydrogens (tertiary/aromatic N) is 1. The molecule has 9 heteroatoms. The predicted octanol–water partition coefficient (Wildman–Crippen LogP) is 4.03. The maximum Gasteiger partial charge on any atom is 0.471 e. The van der Waals surface area contributed by atoms with E-state index < -0.39 is 36.0 Å². The van der Waals surface area contributed by atoms with E-state index in [1.807, 2.05) is 17.4 Å². The van der Waals surface area contributed by atoms with Crippen molar-refractivity contribution in [1.82, 2.24) is 10.2 Å². The van der Waals surface area contributed by atoms with Crippen molar-refractivity contribution in [3.63, 3.8) is 0 Å². The van der Waals surface area contributed by atoms with Crippen LogP contribution in [0, 0.1) is 0 Å². The fraction of sp³-hybridized carbons (Fsp3) is 0.400. The van der Waals surface area contributed by atoms with Crippen LogP contribution in [-0.4, -0.2) is 47.4 Å². The number of halogens is 3. The van der Waals surface area contributed by atoms with E-state index in [2.05, 4.69) is 19.2 Å². The fourth-order valence-electron chi connectivity index (χ4n) is 3.97. The fourth-order valence-corrected chi connectivity index (χ4v) is 3.97. The molecule has 1 heterocycles. The molecule has 3 rings (SSSR count). The van der Waals surface area contributed by atoms with E-state index in [1.165, 1.54) is 4.90 Å². The normalized spacial score (nSPS) is 16.9. The molecule has 1 aliphatic rings. The van der Waals surface area contributed by atoms with Gasteiger partial charge >= 0.3 is 12.1 Å². The highest BCUT2D eigenvalue weighted by Gasteiger charge is 2.43. The van der Waals surface area contributed by atoms with Crippen molar-refractivity contribution in [2.45, 2.75) is 57.3 Å². The van der Waals surface area contributed by atoms with Crippen LogP contribution in [0.2, 0.25) is 0 Å². The molecule has 2 aromatic carbocycles. The third-order valence-corrected chi connectivity index (χ3v) is 5.83. The largest absolute Gasteiger partial charge is 0.471 e. The lowest BCUT2D eigenvalue weighted by Gasteiger charge is -2.29. The Kier molecular flexibility index (Phi) is 7.96. The monoisotopic (exact) mass is 475 g/mol. The zero-order valence-electron chi connectivity index (χ0n) is 19.1. The molecule has 0 aromatic heterocycles. The minimum atomic E-state index is -5.13. The Balaban J connectivity index is 1.75. The summed E-state index contributed by atoms with van der Waals surface area (Å²) in [5, 5.41) is 4.61. The molecule has 0 radical (unpaired) electrons. The predicted molar refractivity (Wildman–Crippen MR) is 122 cm³/mol. The summed E-state index contributed by atoms with van der Waals surface area (Å²) >= 11 is 0. The summed E-state index contributed by atoms with van der Waals surface area (Å²) in [7, 11) is 0. The first-order valence-electron chi connectivity index (χ1n) is 11.2. The van der Waals surface area contributed by atoms with Crippen LogP contribution < -0.4 is 10.6 Å². The van der Waals surface area contributed by atoms with Gasteiger partial charge in [0.05, 0.1) is 0 Å². The van der Waals surface area contributed by atoms with Crippen molar-refractivity contribution in [1.29, 1.82) is 0 Å². The van der Waals surface area contributed by atoms with Gasteiger partial charge in [0, 0.05) is 18.7 Å². The first-order chi connectivity index (χ1) is 16.1. The van der Waals surface area contributed by atoms with Crippen LogP contribution in [0.15, 0.2) is 54.6 Å². The van der Waals surface area contributed by atoms with E-state index in [9.17, 15) is 27.6 Å². The van der Waals surface area contributed by atoms with Gasteiger partial charge in [0.15, 0.2) is 0 Å². The smallest absolute Gasteiger partial charge is 0.336 e. The summed E-state index contributed by atoms with van der Waals surface area (Å²) in [4.78, 5) is 39.1. The molecule has 6 nitrogen and oxygen atoms in total. The molecule has 0 saturated carbocycles. The van der Waals surface area contributed by atoms with Crippen molar-refractivity contribution in [2.75, 3.05) is 11.9 Å². The van der Waals surface area contributed by atoms with Crippen molar-refractivity contribution in [2.24, 2.45) is 0 Å². The number of benzene rings is 2. The average Bonchev–Trinajstić information content (AvgIpc) is 3.28. The molecule has 0 spiro atoms. The van der Waals surface area contributed by atoms with Crippen molar-refractivity contribution >= 4 is 23.4 Å². The van der Waals surface area contributed by atoms with E-state index in [0.717, 1.165) is 5.56 Å². The Bertz CT molecular complexity index is 1010. The highest BCUT2D eigenvalue weighted by Crippen LogP contribution is 2.23. The molecule has 0 unspecified atom stereocenters. The zero-order valence-corrected chi connectivity index (χ0v) is 19.1. The Morgan fingerprint density at radius 3 is 2.26 bits per heavy atom. The van der Waals surface area contributed by atoms with Crippen LogP contribution in [0.1, 0.15) is 43.7 Å². The highest BCUT2D eigenvalue weighted by atomic mass is 19.4. The molecule has 0 aliphatic carbocycles. The summed E-state index contributed by atoms with van der Waals surface area (Å²) in [6.07, 6.45) is -4.34. The van der Waals surface area contributed by atoms with Crippen LogP contribution in [-0.2, 0) is 20.8 Å². The summed E-state index contributed by atoms with van der Waals surface area (Å²) in [5.74, 6) is -2.98. The number of carbonyl (C=O) groups is 3. The lowest BCUT2D eigenvalue weighted by Crippen LogP contribution is -2.55. The van der Waals surface area contributed by atoms with E-state index in [1.54, 1.807) is 42.5 Å². The van der Waals surface area contributed by atoms with Gasteiger partial charge in [0.1, 0.15) is 12.1 Å². The molecular formula is C25H28F3N3O3. The van der Waals surface area contributed by atoms with Gasteiger partial charge in [-0.25, -0.2) is 0 Å². The molecular weight excluding hydrogens is 447 g/mol. The van der Waals surface area contributed by atoms with Crippen LogP contribution in [0.4, 0.5) is 18.9 Å². The van der Waals surface area contributed by atoms with Gasteiger partial charge in [-0.1, -0.05) is 56.3 Å². The number of anilines is 1. The van der Waals surface area contributed by atoms with Gasteiger partial charge < -0.3 is 15.5 Å². The number of carbonyl (C=O) groups excluding carboxylic acids is 3. The van der Waals surface area contributed by atoms with Crippen LogP contribution >= 0.6 is 0 Å². The maximum absolute atomic E-state index is 13.3. The van der Waals surface area contributed by atoms with Gasteiger partial charge in [-0.05, 0) is 42.0 Å². The summed E-state index contributed by atoms with van der Waals surface area (Å²) in [5.41, 5.74) is 2.27. The Morgan fingerprint density at radius 1 is 1.03 bits per heavy atom. The number of likely N-dealkylation sites (tertiary alicyclic amines) is 1. The number of alkyl halides is 3. The number of hydrogen-bond donors (Lipinski definition) is 2. The van der Waals surface area contributed by atoms with Gasteiger partial charge in [0.2, 0.25) is 11.8 Å². The number of rotatable bonds is 7. The maximum atomic E-state index is 13.3. The summed E-state index contributed by atoms with van der Waals surface area (Å²) in [6.45, 7) is 4.33. The lowest BCUT2D eigenvalue weighted by atomic mass is 10.0. The van der Waals surface area contributed by atoms with Gasteiger partial charge in [0.25, 0.3) is 0 Å². The van der Waals surface area contributed by atoms with E-state index in [0.29, 0.717) is 30.0 Å². The minimum Gasteiger partial charge on any atom is -0.336 e. The molecule has 1 aliphatic heterocycles. The van der Waals surface area contributed by atoms with E-state index >= 15 is 0 Å². The third kappa shape index (κ3) is 6.36. The third-order valence-electron chi connectivity index (χ3n) is 5.83. The van der Waals surface area contributed by atoms with Crippen LogP contribution in [0.25, 0.3) is 0 Å². The second kappa shape index (κ2) is 10.7. The Labute approximate surface area is 196 Å². The summed E-state index contributed by atoms with van der Waals surface area (Å²) in [6, 6.07) is 13.5. The number of hydrogen-bond acceptors (Lipinski definition) is 3. The van der Waals surface area contributed by atoms with Crippen molar-refractivity contribution in [3.8, 4) is 0 Å². The molecule has 2 N–H and O–H groups in total. The Hall–Kier alpha value is -3.36. The van der Waals surface area contributed by atoms with Gasteiger partial charge in [-0.2, -0.15) is 13.2 Å². The molecule has 182 valence electrons. The summed E-state index contributed by atoms with van der Waals surface area (Å²) < 4.78 is 38.7. The van der Waals surface area contributed by atoms with E-state index in [-0.39, 0.29) is 13.0 Å². The molecule has 2 atom stereocenters. The zero-order chi connectivity index (χ0) is 24.9. The minimum absolute atomic E-state index is 0.122. The number of amides is 3.